The molecule has 33 heavy (non-hydrogen) atoms. The standard InChI is InChI=1S/C23H18F4N4O2/c24-15-3-4-16(21-28-6-1-7-29-21)17(10-15)22(32)31-12-13-8-18(31)19(9-13)33-20-5-2-14(11-30-20)23(25,26)27/h1-7,10-11,13,18-19H,8-9,12H2. The van der Waals surface area contributed by atoms with Gasteiger partial charge >= 0.3 is 6.18 Å². The van der Waals surface area contributed by atoms with E-state index in [9.17, 15) is 22.4 Å². The van der Waals surface area contributed by atoms with Gasteiger partial charge in [0.05, 0.1) is 17.2 Å². The Morgan fingerprint density at radius 3 is 2.52 bits per heavy atom. The molecule has 2 fully saturated rings. The van der Waals surface area contributed by atoms with Gasteiger partial charge in [0.15, 0.2) is 5.82 Å². The first-order chi connectivity index (χ1) is 15.8. The predicted octanol–water partition coefficient (Wildman–Crippen LogP) is 4.38. The van der Waals surface area contributed by atoms with Crippen molar-refractivity contribution in [2.45, 2.75) is 31.2 Å². The fourth-order valence-corrected chi connectivity index (χ4v) is 4.58. The van der Waals surface area contributed by atoms with E-state index in [1.807, 2.05) is 0 Å². The van der Waals surface area contributed by atoms with Crippen LogP contribution >= 0.6 is 0 Å². The van der Waals surface area contributed by atoms with E-state index in [-0.39, 0.29) is 29.3 Å². The van der Waals surface area contributed by atoms with Crippen molar-refractivity contribution in [2.75, 3.05) is 6.54 Å². The van der Waals surface area contributed by atoms with Gasteiger partial charge in [0.25, 0.3) is 5.91 Å². The molecule has 3 heterocycles. The van der Waals surface area contributed by atoms with E-state index >= 15 is 0 Å². The van der Waals surface area contributed by atoms with Crippen LogP contribution in [0.15, 0.2) is 55.0 Å². The van der Waals surface area contributed by atoms with Crippen LogP contribution in [0.1, 0.15) is 28.8 Å². The number of hydrogen-bond donors (Lipinski definition) is 0. The summed E-state index contributed by atoms with van der Waals surface area (Å²) in [5.74, 6) is -0.352. The average Bonchev–Trinajstić information content (AvgIpc) is 3.39. The molecule has 0 radical (unpaired) electrons. The Morgan fingerprint density at radius 2 is 1.85 bits per heavy atom. The van der Waals surface area contributed by atoms with Gasteiger partial charge in [-0.25, -0.2) is 19.3 Å². The number of piperidine rings is 1. The summed E-state index contributed by atoms with van der Waals surface area (Å²) in [6.45, 7) is 0.495. The third-order valence-corrected chi connectivity index (χ3v) is 6.04. The number of nitrogens with zero attached hydrogens (tertiary/aromatic N) is 4. The Kier molecular flexibility index (Phi) is 5.22. The number of benzene rings is 1. The molecule has 170 valence electrons. The fourth-order valence-electron chi connectivity index (χ4n) is 4.58. The summed E-state index contributed by atoms with van der Waals surface area (Å²) in [4.78, 5) is 27.2. The highest BCUT2D eigenvalue weighted by atomic mass is 19.4. The molecule has 1 saturated carbocycles. The van der Waals surface area contributed by atoms with Crippen molar-refractivity contribution in [3.63, 3.8) is 0 Å². The summed E-state index contributed by atoms with van der Waals surface area (Å²) in [7, 11) is 0. The number of alkyl halides is 3. The highest BCUT2D eigenvalue weighted by Crippen LogP contribution is 2.41. The zero-order chi connectivity index (χ0) is 23.2. The molecule has 0 N–H and O–H groups in total. The predicted molar refractivity (Wildman–Crippen MR) is 109 cm³/mol. The molecule has 1 aliphatic heterocycles. The van der Waals surface area contributed by atoms with E-state index < -0.39 is 23.7 Å². The van der Waals surface area contributed by atoms with Crippen molar-refractivity contribution in [3.8, 4) is 17.3 Å². The summed E-state index contributed by atoms with van der Waals surface area (Å²) >= 11 is 0. The van der Waals surface area contributed by atoms with Crippen LogP contribution in [0, 0.1) is 11.7 Å². The Balaban J connectivity index is 1.37. The van der Waals surface area contributed by atoms with E-state index in [1.165, 1.54) is 24.3 Å². The topological polar surface area (TPSA) is 68.2 Å². The summed E-state index contributed by atoms with van der Waals surface area (Å²) in [6.07, 6.45) is 0.272. The number of amides is 1. The number of ether oxygens (including phenoxy) is 1. The minimum atomic E-state index is -4.48. The molecule has 1 aromatic carbocycles. The third kappa shape index (κ3) is 4.12. The molecule has 3 atom stereocenters. The highest BCUT2D eigenvalue weighted by Gasteiger charge is 2.49. The molecular formula is C23H18F4N4O2. The lowest BCUT2D eigenvalue weighted by molar-refractivity contribution is -0.137. The zero-order valence-corrected chi connectivity index (χ0v) is 17.2. The van der Waals surface area contributed by atoms with Crippen molar-refractivity contribution in [3.05, 3.63) is 71.9 Å². The third-order valence-electron chi connectivity index (χ3n) is 6.04. The molecule has 5 rings (SSSR count). The van der Waals surface area contributed by atoms with Crippen molar-refractivity contribution in [1.29, 1.82) is 0 Å². The molecule has 0 spiro atoms. The van der Waals surface area contributed by atoms with Crippen molar-refractivity contribution >= 4 is 5.91 Å². The van der Waals surface area contributed by atoms with E-state index in [4.69, 9.17) is 4.74 Å². The molecular weight excluding hydrogens is 440 g/mol. The lowest BCUT2D eigenvalue weighted by atomic mass is 10.0. The van der Waals surface area contributed by atoms with Crippen LogP contribution in [0.4, 0.5) is 17.6 Å². The van der Waals surface area contributed by atoms with Crippen molar-refractivity contribution < 1.29 is 27.1 Å². The Bertz CT molecular complexity index is 1170. The second-order valence-corrected chi connectivity index (χ2v) is 8.16. The molecule has 6 nitrogen and oxygen atoms in total. The summed E-state index contributed by atoms with van der Waals surface area (Å²) in [6, 6.07) is 7.35. The Morgan fingerprint density at radius 1 is 1.06 bits per heavy atom. The van der Waals surface area contributed by atoms with Gasteiger partial charge in [-0.05, 0) is 49.1 Å². The Labute approximate surface area is 186 Å². The maximum Gasteiger partial charge on any atom is 0.417 e. The number of carbonyl (C=O) groups is 1. The Hall–Kier alpha value is -3.56. The van der Waals surface area contributed by atoms with Crippen LogP contribution < -0.4 is 4.74 Å². The summed E-state index contributed by atoms with van der Waals surface area (Å²) in [5, 5.41) is 0. The normalized spacial score (nSPS) is 21.9. The van der Waals surface area contributed by atoms with Gasteiger partial charge in [-0.3, -0.25) is 4.79 Å². The fraction of sp³-hybridized carbons (Fsp3) is 0.304. The van der Waals surface area contributed by atoms with Crippen LogP contribution in [0.5, 0.6) is 5.88 Å². The average molecular weight is 458 g/mol. The van der Waals surface area contributed by atoms with Gasteiger partial charge in [-0.2, -0.15) is 13.2 Å². The SMILES string of the molecule is O=C(c1cc(F)ccc1-c1ncccn1)N1CC2CC(Oc3ccc(C(F)(F)F)cn3)C1C2. The van der Waals surface area contributed by atoms with E-state index in [0.717, 1.165) is 12.3 Å². The molecule has 3 unspecified atom stereocenters. The van der Waals surface area contributed by atoms with Gasteiger partial charge < -0.3 is 9.64 Å². The minimum Gasteiger partial charge on any atom is -0.472 e. The summed E-state index contributed by atoms with van der Waals surface area (Å²) in [5.41, 5.74) is -0.284. The molecule has 2 aromatic heterocycles. The minimum absolute atomic E-state index is 0.0667. The van der Waals surface area contributed by atoms with Gasteiger partial charge in [0.2, 0.25) is 5.88 Å². The van der Waals surface area contributed by atoms with Crippen LogP contribution in [0.3, 0.4) is 0 Å². The molecule has 1 amide bonds. The largest absolute Gasteiger partial charge is 0.472 e. The molecule has 2 bridgehead atoms. The lowest BCUT2D eigenvalue weighted by Crippen LogP contribution is -2.47. The quantitative estimate of drug-likeness (QED) is 0.543. The lowest BCUT2D eigenvalue weighted by Gasteiger charge is -2.33. The second kappa shape index (κ2) is 8.09. The van der Waals surface area contributed by atoms with Gasteiger partial charge in [-0.15, -0.1) is 0 Å². The molecule has 10 heteroatoms. The number of aromatic nitrogens is 3. The number of hydrogen-bond acceptors (Lipinski definition) is 5. The van der Waals surface area contributed by atoms with E-state index in [1.54, 1.807) is 23.4 Å². The molecule has 1 aliphatic carbocycles. The highest BCUT2D eigenvalue weighted by molar-refractivity contribution is 6.00. The zero-order valence-electron chi connectivity index (χ0n) is 17.2. The first kappa shape index (κ1) is 21.3. The van der Waals surface area contributed by atoms with E-state index in [2.05, 4.69) is 15.0 Å². The van der Waals surface area contributed by atoms with Crippen LogP contribution in [-0.2, 0) is 6.18 Å². The van der Waals surface area contributed by atoms with Gasteiger partial charge in [-0.1, -0.05) is 0 Å². The maximum atomic E-state index is 14.1. The molecule has 2 aliphatic rings. The van der Waals surface area contributed by atoms with Crippen molar-refractivity contribution in [2.24, 2.45) is 5.92 Å². The van der Waals surface area contributed by atoms with Gasteiger partial charge in [0.1, 0.15) is 11.9 Å². The summed E-state index contributed by atoms with van der Waals surface area (Å²) < 4.78 is 58.2. The van der Waals surface area contributed by atoms with E-state index in [0.29, 0.717) is 30.8 Å². The van der Waals surface area contributed by atoms with Crippen LogP contribution in [0.25, 0.3) is 11.4 Å². The first-order valence-electron chi connectivity index (χ1n) is 10.4. The second-order valence-electron chi connectivity index (χ2n) is 8.16. The number of likely N-dealkylation sites (tertiary alicyclic amines) is 1. The number of carbonyl (C=O) groups excluding carboxylic acids is 1. The number of halogens is 4. The molecule has 3 aromatic rings. The van der Waals surface area contributed by atoms with Crippen LogP contribution in [0.2, 0.25) is 0 Å². The number of rotatable bonds is 4. The maximum absolute atomic E-state index is 14.1. The smallest absolute Gasteiger partial charge is 0.417 e. The van der Waals surface area contributed by atoms with Crippen molar-refractivity contribution in [1.82, 2.24) is 19.9 Å². The number of fused-ring (bicyclic) bond motifs is 2. The number of pyridine rings is 1. The van der Waals surface area contributed by atoms with Gasteiger partial charge in [0, 0.05) is 36.8 Å². The monoisotopic (exact) mass is 458 g/mol. The molecule has 1 saturated heterocycles. The first-order valence-corrected chi connectivity index (χ1v) is 10.4. The van der Waals surface area contributed by atoms with Crippen LogP contribution in [-0.4, -0.2) is 44.4 Å².